The standard InChI is InChI=1S/C35H26FNO4/c1-2-41-28-14-8-6-12-26(28)30-31(32(38)22-15-18-23(36)19-16-22)37-27-13-7-3-9-21(27)17-20-29(37)35(30)33(39)24-10-4-5-11-25(24)34(35)40/h3-20,29-31H,2H2,1H3/t29-,30+,31-/m1/s1. The second-order valence-corrected chi connectivity index (χ2v) is 10.6. The van der Waals surface area contributed by atoms with Crippen LogP contribution >= 0.6 is 0 Å². The number of ether oxygens (including phenoxy) is 1. The number of ketones is 3. The molecule has 5 nitrogen and oxygen atoms in total. The average Bonchev–Trinajstić information content (AvgIpc) is 3.44. The summed E-state index contributed by atoms with van der Waals surface area (Å²) in [7, 11) is 0. The molecule has 0 amide bonds. The van der Waals surface area contributed by atoms with Crippen LogP contribution in [0.3, 0.4) is 0 Å². The van der Waals surface area contributed by atoms with Crippen molar-refractivity contribution >= 4 is 29.1 Å². The van der Waals surface area contributed by atoms with Crippen molar-refractivity contribution in [3.05, 3.63) is 137 Å². The molecular formula is C35H26FNO4. The number of hydrogen-bond donors (Lipinski definition) is 0. The predicted octanol–water partition coefficient (Wildman–Crippen LogP) is 6.54. The van der Waals surface area contributed by atoms with Gasteiger partial charge in [-0.15, -0.1) is 0 Å². The van der Waals surface area contributed by atoms with E-state index in [1.807, 2.05) is 72.5 Å². The molecule has 1 fully saturated rings. The van der Waals surface area contributed by atoms with Gasteiger partial charge in [-0.05, 0) is 48.9 Å². The number of carbonyl (C=O) groups is 3. The lowest BCUT2D eigenvalue weighted by Gasteiger charge is -2.37. The Morgan fingerprint density at radius 1 is 0.854 bits per heavy atom. The molecular weight excluding hydrogens is 517 g/mol. The molecule has 202 valence electrons. The SMILES string of the molecule is CCOc1ccccc1[C@H]1[C@H](C(=O)c2ccc(F)cc2)N2c3ccccc3C=C[C@@H]2C12C(=O)c1ccccc1C2=O. The van der Waals surface area contributed by atoms with Crippen molar-refractivity contribution in [2.24, 2.45) is 5.41 Å². The number of anilines is 1. The summed E-state index contributed by atoms with van der Waals surface area (Å²) in [6.45, 7) is 2.23. The zero-order valence-corrected chi connectivity index (χ0v) is 22.3. The molecule has 0 N–H and O–H groups in total. The Morgan fingerprint density at radius 3 is 2.20 bits per heavy atom. The van der Waals surface area contributed by atoms with Crippen molar-refractivity contribution in [3.63, 3.8) is 0 Å². The van der Waals surface area contributed by atoms with E-state index in [0.29, 0.717) is 34.6 Å². The quantitative estimate of drug-likeness (QED) is 0.211. The molecule has 4 aromatic rings. The van der Waals surface area contributed by atoms with Crippen LogP contribution in [-0.4, -0.2) is 36.0 Å². The lowest BCUT2D eigenvalue weighted by Crippen LogP contribution is -2.48. The van der Waals surface area contributed by atoms with Crippen LogP contribution in [0.5, 0.6) is 5.75 Å². The zero-order valence-electron chi connectivity index (χ0n) is 22.3. The highest BCUT2D eigenvalue weighted by atomic mass is 19.1. The monoisotopic (exact) mass is 543 g/mol. The highest BCUT2D eigenvalue weighted by Gasteiger charge is 2.71. The second kappa shape index (κ2) is 9.37. The van der Waals surface area contributed by atoms with Crippen molar-refractivity contribution in [1.82, 2.24) is 0 Å². The Kier molecular flexibility index (Phi) is 5.75. The zero-order chi connectivity index (χ0) is 28.3. The minimum Gasteiger partial charge on any atom is -0.494 e. The van der Waals surface area contributed by atoms with Gasteiger partial charge in [-0.1, -0.05) is 72.8 Å². The summed E-state index contributed by atoms with van der Waals surface area (Å²) in [5.74, 6) is -1.74. The van der Waals surface area contributed by atoms with E-state index in [0.717, 1.165) is 11.3 Å². The third-order valence-electron chi connectivity index (χ3n) is 8.66. The molecule has 3 atom stereocenters. The topological polar surface area (TPSA) is 63.7 Å². The fraction of sp³-hybridized carbons (Fsp3) is 0.171. The van der Waals surface area contributed by atoms with Gasteiger partial charge in [0.2, 0.25) is 0 Å². The minimum atomic E-state index is -1.62. The summed E-state index contributed by atoms with van der Waals surface area (Å²) in [6.07, 6.45) is 3.82. The van der Waals surface area contributed by atoms with Crippen molar-refractivity contribution in [3.8, 4) is 5.75 Å². The molecule has 2 aliphatic heterocycles. The van der Waals surface area contributed by atoms with Crippen molar-refractivity contribution in [1.29, 1.82) is 0 Å². The number of fused-ring (bicyclic) bond motifs is 5. The Morgan fingerprint density at radius 2 is 1.49 bits per heavy atom. The fourth-order valence-electron chi connectivity index (χ4n) is 7.07. The van der Waals surface area contributed by atoms with Crippen LogP contribution in [-0.2, 0) is 0 Å². The Bertz CT molecular complexity index is 1720. The maximum atomic E-state index is 14.7. The third-order valence-corrected chi connectivity index (χ3v) is 8.66. The number of hydrogen-bond acceptors (Lipinski definition) is 5. The molecule has 6 heteroatoms. The second-order valence-electron chi connectivity index (χ2n) is 10.6. The van der Waals surface area contributed by atoms with Gasteiger partial charge in [0.15, 0.2) is 17.3 Å². The number of Topliss-reactive ketones (excluding diaryl/α,β-unsaturated/α-hetero) is 3. The van der Waals surface area contributed by atoms with Crippen LogP contribution in [0.2, 0.25) is 0 Å². The van der Waals surface area contributed by atoms with E-state index in [9.17, 15) is 18.8 Å². The maximum Gasteiger partial charge on any atom is 0.185 e. The van der Waals surface area contributed by atoms with Gasteiger partial charge < -0.3 is 9.64 Å². The van der Waals surface area contributed by atoms with Crippen LogP contribution in [0.25, 0.3) is 6.08 Å². The first kappa shape index (κ1) is 25.1. The van der Waals surface area contributed by atoms with Crippen LogP contribution in [0, 0.1) is 11.2 Å². The molecule has 1 spiro atoms. The van der Waals surface area contributed by atoms with E-state index in [-0.39, 0.29) is 17.3 Å². The molecule has 0 saturated carbocycles. The highest BCUT2D eigenvalue weighted by Crippen LogP contribution is 2.61. The van der Waals surface area contributed by atoms with Gasteiger partial charge in [0.05, 0.1) is 12.6 Å². The summed E-state index contributed by atoms with van der Waals surface area (Å²) in [4.78, 5) is 46.0. The smallest absolute Gasteiger partial charge is 0.185 e. The molecule has 1 aliphatic carbocycles. The largest absolute Gasteiger partial charge is 0.494 e. The fourth-order valence-corrected chi connectivity index (χ4v) is 7.07. The van der Waals surface area contributed by atoms with Gasteiger partial charge in [-0.25, -0.2) is 4.39 Å². The Balaban J connectivity index is 1.56. The van der Waals surface area contributed by atoms with Gasteiger partial charge in [0, 0.05) is 33.9 Å². The first-order chi connectivity index (χ1) is 20.0. The Labute approximate surface area is 236 Å². The lowest BCUT2D eigenvalue weighted by atomic mass is 9.64. The molecule has 1 saturated heterocycles. The molecule has 3 aliphatic rings. The van der Waals surface area contributed by atoms with Gasteiger partial charge >= 0.3 is 0 Å². The molecule has 7 rings (SSSR count). The summed E-state index contributed by atoms with van der Waals surface area (Å²) in [5.41, 5.74) is 1.65. The molecule has 4 aromatic carbocycles. The molecule has 0 bridgehead atoms. The Hall–Kier alpha value is -4.84. The average molecular weight is 544 g/mol. The van der Waals surface area contributed by atoms with E-state index in [1.54, 1.807) is 24.3 Å². The van der Waals surface area contributed by atoms with E-state index >= 15 is 0 Å². The van der Waals surface area contributed by atoms with Crippen molar-refractivity contribution in [2.45, 2.75) is 24.9 Å². The third kappa shape index (κ3) is 3.43. The van der Waals surface area contributed by atoms with Crippen molar-refractivity contribution < 1.29 is 23.5 Å². The van der Waals surface area contributed by atoms with E-state index in [1.165, 1.54) is 24.3 Å². The van der Waals surface area contributed by atoms with Crippen LogP contribution in [0.4, 0.5) is 10.1 Å². The molecule has 0 aromatic heterocycles. The van der Waals surface area contributed by atoms with Gasteiger partial charge in [0.1, 0.15) is 23.0 Å². The van der Waals surface area contributed by atoms with Gasteiger partial charge in [-0.2, -0.15) is 0 Å². The normalized spacial score (nSPS) is 21.5. The number of benzene rings is 4. The van der Waals surface area contributed by atoms with Gasteiger partial charge in [-0.3, -0.25) is 14.4 Å². The summed E-state index contributed by atoms with van der Waals surface area (Å²) < 4.78 is 20.0. The first-order valence-corrected chi connectivity index (χ1v) is 13.7. The molecule has 0 unspecified atom stereocenters. The highest BCUT2D eigenvalue weighted by molar-refractivity contribution is 6.32. The maximum absolute atomic E-state index is 14.7. The summed E-state index contributed by atoms with van der Waals surface area (Å²) >= 11 is 0. The predicted molar refractivity (Wildman–Crippen MR) is 154 cm³/mol. The van der Waals surface area contributed by atoms with E-state index < -0.39 is 29.2 Å². The summed E-state index contributed by atoms with van der Waals surface area (Å²) in [6, 6.07) is 25.6. The van der Waals surface area contributed by atoms with Crippen LogP contribution < -0.4 is 9.64 Å². The number of rotatable bonds is 5. The number of para-hydroxylation sites is 2. The number of nitrogens with zero attached hydrogens (tertiary/aromatic N) is 1. The van der Waals surface area contributed by atoms with E-state index in [4.69, 9.17) is 4.74 Å². The summed E-state index contributed by atoms with van der Waals surface area (Å²) in [5, 5.41) is 0. The van der Waals surface area contributed by atoms with Gasteiger partial charge in [0.25, 0.3) is 0 Å². The minimum absolute atomic E-state index is 0.300. The molecule has 41 heavy (non-hydrogen) atoms. The number of carbonyl (C=O) groups excluding carboxylic acids is 3. The first-order valence-electron chi connectivity index (χ1n) is 13.7. The van der Waals surface area contributed by atoms with Crippen LogP contribution in [0.1, 0.15) is 55.0 Å². The van der Waals surface area contributed by atoms with Crippen molar-refractivity contribution in [2.75, 3.05) is 11.5 Å². The molecule has 0 radical (unpaired) electrons. The lowest BCUT2D eigenvalue weighted by molar-refractivity contribution is 0.0664. The number of halogens is 1. The molecule has 2 heterocycles. The van der Waals surface area contributed by atoms with Crippen LogP contribution in [0.15, 0.2) is 103 Å². The van der Waals surface area contributed by atoms with E-state index in [2.05, 4.69) is 0 Å².